The predicted octanol–water partition coefficient (Wildman–Crippen LogP) is 2.32. The summed E-state index contributed by atoms with van der Waals surface area (Å²) in [6, 6.07) is 9.59. The molecule has 1 atom stereocenters. The molecule has 5 nitrogen and oxygen atoms in total. The highest BCUT2D eigenvalue weighted by Crippen LogP contribution is 2.41. The molecule has 0 saturated heterocycles. The van der Waals surface area contributed by atoms with Crippen LogP contribution in [0.25, 0.3) is 0 Å². The highest BCUT2D eigenvalue weighted by atomic mass is 32.1. The van der Waals surface area contributed by atoms with E-state index in [1.54, 1.807) is 0 Å². The lowest BCUT2D eigenvalue weighted by Crippen LogP contribution is -2.23. The van der Waals surface area contributed by atoms with Crippen LogP contribution in [0.5, 0.6) is 0 Å². The first-order valence-electron chi connectivity index (χ1n) is 5.74. The van der Waals surface area contributed by atoms with E-state index in [-0.39, 0.29) is 17.5 Å². The molecule has 0 bridgehead atoms. The molecule has 0 fully saturated rings. The topological polar surface area (TPSA) is 79.3 Å². The minimum Gasteiger partial charge on any atom is -0.476 e. The second-order valence-corrected chi connectivity index (χ2v) is 5.10. The van der Waals surface area contributed by atoms with Gasteiger partial charge in [-0.25, -0.2) is 4.79 Å². The number of carboxylic acid groups (broad SMARTS) is 1. The highest BCUT2D eigenvalue weighted by Gasteiger charge is 2.32. The van der Waals surface area contributed by atoms with E-state index in [2.05, 4.69) is 9.69 Å². The molecule has 2 heterocycles. The number of anilines is 1. The summed E-state index contributed by atoms with van der Waals surface area (Å²) in [6.07, 6.45) is 0.318. The van der Waals surface area contributed by atoms with E-state index in [4.69, 9.17) is 5.11 Å². The van der Waals surface area contributed by atoms with Crippen molar-refractivity contribution >= 4 is 29.1 Å². The number of aromatic carboxylic acids is 1. The summed E-state index contributed by atoms with van der Waals surface area (Å²) < 4.78 is 3.93. The van der Waals surface area contributed by atoms with E-state index in [9.17, 15) is 9.59 Å². The van der Waals surface area contributed by atoms with Crippen LogP contribution in [0.1, 0.15) is 33.3 Å². The molecule has 0 aliphatic carbocycles. The fourth-order valence-electron chi connectivity index (χ4n) is 2.23. The standard InChI is InChI=1S/C13H10N2O3S/c16-9-6-8(7-4-2-1-3-5-7)12-10(14-9)11(13(17)18)15-19-12/h1-5,8H,6H2,(H,14,16)(H,17,18)/t8-/m0/s1. The predicted molar refractivity (Wildman–Crippen MR) is 70.6 cm³/mol. The Hall–Kier alpha value is -2.21. The first-order chi connectivity index (χ1) is 9.16. The molecule has 19 heavy (non-hydrogen) atoms. The molecule has 0 radical (unpaired) electrons. The third kappa shape index (κ3) is 2.00. The number of rotatable bonds is 2. The summed E-state index contributed by atoms with van der Waals surface area (Å²) in [7, 11) is 0. The van der Waals surface area contributed by atoms with Gasteiger partial charge in [-0.15, -0.1) is 0 Å². The van der Waals surface area contributed by atoms with E-state index in [0.717, 1.165) is 22.0 Å². The van der Waals surface area contributed by atoms with Gasteiger partial charge in [0.05, 0.1) is 10.6 Å². The van der Waals surface area contributed by atoms with Crippen molar-refractivity contribution in [1.82, 2.24) is 4.37 Å². The number of carbonyl (C=O) groups excluding carboxylic acids is 1. The minimum atomic E-state index is -1.12. The van der Waals surface area contributed by atoms with Crippen molar-refractivity contribution in [3.8, 4) is 0 Å². The van der Waals surface area contributed by atoms with Crippen molar-refractivity contribution in [1.29, 1.82) is 0 Å². The zero-order chi connectivity index (χ0) is 13.4. The highest BCUT2D eigenvalue weighted by molar-refractivity contribution is 7.06. The molecular formula is C13H10N2O3S. The maximum Gasteiger partial charge on any atom is 0.357 e. The molecule has 96 valence electrons. The maximum absolute atomic E-state index is 11.8. The minimum absolute atomic E-state index is 0.0750. The van der Waals surface area contributed by atoms with Gasteiger partial charge < -0.3 is 10.4 Å². The molecule has 2 aromatic rings. The molecule has 0 unspecified atom stereocenters. The number of carboxylic acids is 1. The second kappa shape index (κ2) is 4.47. The molecule has 3 rings (SSSR count). The van der Waals surface area contributed by atoms with Crippen molar-refractivity contribution in [2.45, 2.75) is 12.3 Å². The van der Waals surface area contributed by atoms with Crippen LogP contribution in [0, 0.1) is 0 Å². The van der Waals surface area contributed by atoms with Crippen LogP contribution in [0.15, 0.2) is 30.3 Å². The van der Waals surface area contributed by atoms with Gasteiger partial charge in [-0.3, -0.25) is 4.79 Å². The van der Waals surface area contributed by atoms with E-state index in [0.29, 0.717) is 12.1 Å². The summed E-state index contributed by atoms with van der Waals surface area (Å²) in [5.74, 6) is -1.41. The SMILES string of the molecule is O=C1C[C@@H](c2ccccc2)c2snc(C(=O)O)c2N1. The average Bonchev–Trinajstić information content (AvgIpc) is 2.82. The Morgan fingerprint density at radius 2 is 2.11 bits per heavy atom. The summed E-state index contributed by atoms with van der Waals surface area (Å²) >= 11 is 1.14. The molecule has 1 amide bonds. The number of hydrogen-bond acceptors (Lipinski definition) is 4. The van der Waals surface area contributed by atoms with Crippen molar-refractivity contribution < 1.29 is 14.7 Å². The Balaban J connectivity index is 2.11. The van der Waals surface area contributed by atoms with Crippen LogP contribution in [-0.4, -0.2) is 21.4 Å². The smallest absolute Gasteiger partial charge is 0.357 e. The van der Waals surface area contributed by atoms with E-state index in [1.807, 2.05) is 30.3 Å². The summed E-state index contributed by atoms with van der Waals surface area (Å²) in [5, 5.41) is 11.7. The summed E-state index contributed by atoms with van der Waals surface area (Å²) in [6.45, 7) is 0. The number of aromatic nitrogens is 1. The lowest BCUT2D eigenvalue weighted by atomic mass is 9.90. The molecule has 1 aromatic carbocycles. The van der Waals surface area contributed by atoms with Crippen molar-refractivity contribution in [2.75, 3.05) is 5.32 Å². The molecule has 1 aliphatic heterocycles. The van der Waals surface area contributed by atoms with Crippen LogP contribution in [-0.2, 0) is 4.79 Å². The fourth-order valence-corrected chi connectivity index (χ4v) is 3.18. The maximum atomic E-state index is 11.8. The molecule has 1 aliphatic rings. The molecule has 0 saturated carbocycles. The average molecular weight is 274 g/mol. The van der Waals surface area contributed by atoms with Crippen LogP contribution in [0.4, 0.5) is 5.69 Å². The van der Waals surface area contributed by atoms with Crippen LogP contribution in [0.2, 0.25) is 0 Å². The third-order valence-electron chi connectivity index (χ3n) is 3.09. The van der Waals surface area contributed by atoms with Gasteiger partial charge in [0.15, 0.2) is 5.69 Å². The van der Waals surface area contributed by atoms with E-state index in [1.165, 1.54) is 0 Å². The van der Waals surface area contributed by atoms with Crippen LogP contribution >= 0.6 is 11.5 Å². The van der Waals surface area contributed by atoms with E-state index >= 15 is 0 Å². The van der Waals surface area contributed by atoms with Gasteiger partial charge in [-0.05, 0) is 17.1 Å². The zero-order valence-corrected chi connectivity index (χ0v) is 10.6. The number of nitrogens with one attached hydrogen (secondary N) is 1. The van der Waals surface area contributed by atoms with Gasteiger partial charge in [-0.1, -0.05) is 30.3 Å². The molecule has 6 heteroatoms. The fraction of sp³-hybridized carbons (Fsp3) is 0.154. The Morgan fingerprint density at radius 3 is 2.79 bits per heavy atom. The zero-order valence-electron chi connectivity index (χ0n) is 9.79. The first-order valence-corrected chi connectivity index (χ1v) is 6.52. The number of nitrogens with zero attached hydrogens (tertiary/aromatic N) is 1. The lowest BCUT2D eigenvalue weighted by Gasteiger charge is -2.22. The van der Waals surface area contributed by atoms with Gasteiger partial charge in [0.2, 0.25) is 5.91 Å². The lowest BCUT2D eigenvalue weighted by molar-refractivity contribution is -0.116. The molecule has 1 aromatic heterocycles. The number of benzene rings is 1. The van der Waals surface area contributed by atoms with Gasteiger partial charge in [0.1, 0.15) is 0 Å². The Morgan fingerprint density at radius 1 is 1.37 bits per heavy atom. The van der Waals surface area contributed by atoms with Crippen molar-refractivity contribution in [2.24, 2.45) is 0 Å². The molecule has 2 N–H and O–H groups in total. The van der Waals surface area contributed by atoms with Crippen molar-refractivity contribution in [3.63, 3.8) is 0 Å². The quantitative estimate of drug-likeness (QED) is 0.880. The van der Waals surface area contributed by atoms with Gasteiger partial charge in [0, 0.05) is 12.3 Å². The summed E-state index contributed by atoms with van der Waals surface area (Å²) in [5.41, 5.74) is 1.27. The Labute approximate surface area is 113 Å². The third-order valence-corrected chi connectivity index (χ3v) is 4.05. The number of amides is 1. The van der Waals surface area contributed by atoms with Crippen molar-refractivity contribution in [3.05, 3.63) is 46.5 Å². The molecular weight excluding hydrogens is 264 g/mol. The Kier molecular flexibility index (Phi) is 2.79. The number of fused-ring (bicyclic) bond motifs is 1. The van der Waals surface area contributed by atoms with Gasteiger partial charge in [0.25, 0.3) is 0 Å². The van der Waals surface area contributed by atoms with Gasteiger partial charge >= 0.3 is 5.97 Å². The largest absolute Gasteiger partial charge is 0.476 e. The number of carbonyl (C=O) groups is 2. The molecule has 0 spiro atoms. The summed E-state index contributed by atoms with van der Waals surface area (Å²) in [4.78, 5) is 23.6. The van der Waals surface area contributed by atoms with Gasteiger partial charge in [-0.2, -0.15) is 4.37 Å². The van der Waals surface area contributed by atoms with Crippen LogP contribution < -0.4 is 5.32 Å². The van der Waals surface area contributed by atoms with E-state index < -0.39 is 5.97 Å². The number of hydrogen-bond donors (Lipinski definition) is 2. The van der Waals surface area contributed by atoms with Crippen LogP contribution in [0.3, 0.4) is 0 Å². The normalized spacial score (nSPS) is 17.7. The second-order valence-electron chi connectivity index (χ2n) is 4.29. The monoisotopic (exact) mass is 274 g/mol. The first kappa shape index (κ1) is 11.9. The Bertz CT molecular complexity index is 651.